The van der Waals surface area contributed by atoms with Crippen molar-refractivity contribution in [3.05, 3.63) is 48.0 Å². The van der Waals surface area contributed by atoms with Crippen LogP contribution in [0.3, 0.4) is 0 Å². The number of ether oxygens (including phenoxy) is 1. The maximum atomic E-state index is 15.0. The number of cyclic esters (lactones) is 1. The fraction of sp³-hybridized carbons (Fsp3) is 0.364. The topological polar surface area (TPSA) is 132 Å². The molecule has 12 heteroatoms. The fourth-order valence-electron chi connectivity index (χ4n) is 3.93. The predicted octanol–water partition coefficient (Wildman–Crippen LogP) is 1.52. The minimum atomic E-state index is -1.03. The second-order valence-electron chi connectivity index (χ2n) is 8.07. The third-order valence-electron chi connectivity index (χ3n) is 5.76. The monoisotopic (exact) mass is 469 g/mol. The molecule has 3 aliphatic heterocycles. The first kappa shape index (κ1) is 22.0. The van der Waals surface area contributed by atoms with Gasteiger partial charge in [0.2, 0.25) is 6.54 Å². The van der Waals surface area contributed by atoms with Gasteiger partial charge in [-0.2, -0.15) is 0 Å². The van der Waals surface area contributed by atoms with Gasteiger partial charge in [0.1, 0.15) is 29.1 Å². The molecular weight excluding hydrogens is 447 g/mol. The van der Waals surface area contributed by atoms with Crippen LogP contribution in [0.2, 0.25) is 0 Å². The van der Waals surface area contributed by atoms with E-state index in [9.17, 15) is 14.3 Å². The van der Waals surface area contributed by atoms with Crippen molar-refractivity contribution in [3.8, 4) is 11.1 Å². The maximum Gasteiger partial charge on any atom is 0.414 e. The summed E-state index contributed by atoms with van der Waals surface area (Å²) in [7, 11) is 0. The Labute approximate surface area is 193 Å². The molecule has 0 unspecified atom stereocenters. The molecule has 11 nitrogen and oxygen atoms in total. The van der Waals surface area contributed by atoms with Gasteiger partial charge in [-0.15, -0.1) is 4.68 Å². The number of nitrogens with zero attached hydrogens (tertiary/aromatic N) is 6. The normalized spacial score (nSPS) is 22.4. The quantitative estimate of drug-likeness (QED) is 0.591. The zero-order chi connectivity index (χ0) is 23.7. The fourth-order valence-corrected chi connectivity index (χ4v) is 3.93. The van der Waals surface area contributed by atoms with Crippen molar-refractivity contribution in [3.63, 3.8) is 0 Å². The van der Waals surface area contributed by atoms with Crippen molar-refractivity contribution >= 4 is 23.7 Å². The van der Waals surface area contributed by atoms with Crippen LogP contribution in [0.15, 0.2) is 52.0 Å². The van der Waals surface area contributed by atoms with Crippen LogP contribution >= 0.6 is 0 Å². The number of aromatic nitrogens is 1. The van der Waals surface area contributed by atoms with Crippen molar-refractivity contribution < 1.29 is 33.7 Å². The van der Waals surface area contributed by atoms with Crippen LogP contribution in [0.1, 0.15) is 12.1 Å². The Bertz CT molecular complexity index is 1180. The van der Waals surface area contributed by atoms with E-state index in [1.807, 2.05) is 0 Å². The third-order valence-corrected chi connectivity index (χ3v) is 5.76. The van der Waals surface area contributed by atoms with E-state index in [-0.39, 0.29) is 6.54 Å². The van der Waals surface area contributed by atoms with Gasteiger partial charge in [-0.25, -0.2) is 9.18 Å². The van der Waals surface area contributed by atoms with Crippen LogP contribution in [0, 0.1) is 5.82 Å². The van der Waals surface area contributed by atoms with Gasteiger partial charge in [0.15, 0.2) is 18.8 Å². The summed E-state index contributed by atoms with van der Waals surface area (Å²) in [6, 6.07) is 7.94. The number of oxime groups is 1. The molecule has 1 aromatic heterocycles. The van der Waals surface area contributed by atoms with E-state index in [4.69, 9.17) is 14.7 Å². The maximum absolute atomic E-state index is 15.0. The number of benzene rings is 1. The summed E-state index contributed by atoms with van der Waals surface area (Å²) < 4.78 is 22.0. The summed E-state index contributed by atoms with van der Waals surface area (Å²) in [6.07, 6.45) is 1.04. The highest BCUT2D eigenvalue weighted by Gasteiger charge is 2.35. The minimum absolute atomic E-state index is 0.282. The molecule has 0 bridgehead atoms. The van der Waals surface area contributed by atoms with Gasteiger partial charge in [0.25, 0.3) is 0 Å². The molecule has 1 amide bonds. The lowest BCUT2D eigenvalue weighted by Crippen LogP contribution is -2.29. The highest BCUT2D eigenvalue weighted by Crippen LogP contribution is 2.29. The molecule has 3 atom stereocenters. The molecule has 1 fully saturated rings. The Morgan fingerprint density at radius 1 is 1.29 bits per heavy atom. The second-order valence-corrected chi connectivity index (χ2v) is 8.07. The van der Waals surface area contributed by atoms with Gasteiger partial charge in [-0.05, 0) is 24.3 Å². The highest BCUT2D eigenvalue weighted by molar-refractivity contribution is 5.99. The molecule has 3 aliphatic rings. The zero-order valence-corrected chi connectivity index (χ0v) is 18.0. The lowest BCUT2D eigenvalue weighted by atomic mass is 10.0. The third kappa shape index (κ3) is 4.37. The smallest absolute Gasteiger partial charge is 0.414 e. The van der Waals surface area contributed by atoms with E-state index in [1.165, 1.54) is 17.2 Å². The summed E-state index contributed by atoms with van der Waals surface area (Å²) in [6.45, 7) is 0.750. The number of aliphatic hydroxyl groups excluding tert-OH is 2. The van der Waals surface area contributed by atoms with Crippen LogP contribution in [0.25, 0.3) is 11.1 Å². The number of carbonyl (C=O) groups is 1. The summed E-state index contributed by atoms with van der Waals surface area (Å²) in [4.78, 5) is 23.2. The van der Waals surface area contributed by atoms with Crippen LogP contribution in [0.5, 0.6) is 0 Å². The molecule has 1 aromatic carbocycles. The summed E-state index contributed by atoms with van der Waals surface area (Å²) in [5.41, 5.74) is 2.36. The number of aliphatic hydroxyl groups is 2. The predicted molar refractivity (Wildman–Crippen MR) is 117 cm³/mol. The Kier molecular flexibility index (Phi) is 5.99. The van der Waals surface area contributed by atoms with Crippen molar-refractivity contribution in [1.82, 2.24) is 4.98 Å². The molecule has 4 heterocycles. The molecule has 0 radical (unpaired) electrons. The van der Waals surface area contributed by atoms with Gasteiger partial charge in [0, 0.05) is 28.9 Å². The zero-order valence-electron chi connectivity index (χ0n) is 18.0. The number of halogens is 1. The largest absolute Gasteiger partial charge is 0.440 e. The Balaban J connectivity index is 1.27. The Hall–Kier alpha value is -3.77. The van der Waals surface area contributed by atoms with E-state index in [1.54, 1.807) is 35.2 Å². The second kappa shape index (κ2) is 9.23. The van der Waals surface area contributed by atoms with E-state index in [0.29, 0.717) is 47.7 Å². The highest BCUT2D eigenvalue weighted by atomic mass is 19.1. The van der Waals surface area contributed by atoms with E-state index >= 15 is 0 Å². The number of carbonyl (C=O) groups excluding carboxylic acids is 1. The van der Waals surface area contributed by atoms with Gasteiger partial charge < -0.3 is 19.8 Å². The van der Waals surface area contributed by atoms with E-state index in [0.717, 1.165) is 0 Å². The van der Waals surface area contributed by atoms with Crippen LogP contribution in [-0.4, -0.2) is 82.5 Å². The molecule has 2 N–H and O–H groups in total. The first-order valence-corrected chi connectivity index (χ1v) is 10.8. The van der Waals surface area contributed by atoms with Crippen molar-refractivity contribution in [2.45, 2.75) is 24.7 Å². The van der Waals surface area contributed by atoms with Crippen molar-refractivity contribution in [2.75, 3.05) is 31.1 Å². The van der Waals surface area contributed by atoms with E-state index < -0.39 is 36.8 Å². The molecule has 0 aliphatic carbocycles. The average Bonchev–Trinajstić information content (AvgIpc) is 3.61. The van der Waals surface area contributed by atoms with Crippen molar-refractivity contribution in [1.29, 1.82) is 0 Å². The molecule has 2 aromatic rings. The first-order valence-electron chi connectivity index (χ1n) is 10.8. The average molecular weight is 469 g/mol. The van der Waals surface area contributed by atoms with Gasteiger partial charge in [0.05, 0.1) is 24.5 Å². The van der Waals surface area contributed by atoms with Gasteiger partial charge >= 0.3 is 6.09 Å². The number of hydrogen-bond donors (Lipinski definition) is 2. The SMILES string of the molecule is O=C1O[C@@H](C[N+]2=CCN=N2)CN1c1ccc(-c2ccc(C3=NO[C@H]([C@H](O)CO)C3)nc2)c(F)c1. The summed E-state index contributed by atoms with van der Waals surface area (Å²) >= 11 is 0. The molecule has 176 valence electrons. The molecular formula is C22H22FN6O5+. The lowest BCUT2D eigenvalue weighted by molar-refractivity contribution is -0.538. The molecule has 34 heavy (non-hydrogen) atoms. The van der Waals surface area contributed by atoms with Crippen LogP contribution in [0.4, 0.5) is 14.9 Å². The first-order chi connectivity index (χ1) is 16.5. The molecule has 5 rings (SSSR count). The number of rotatable bonds is 7. The lowest BCUT2D eigenvalue weighted by Gasteiger charge is -2.14. The summed E-state index contributed by atoms with van der Waals surface area (Å²) in [5, 5.41) is 30.4. The minimum Gasteiger partial charge on any atom is -0.440 e. The van der Waals surface area contributed by atoms with Crippen LogP contribution < -0.4 is 4.90 Å². The Morgan fingerprint density at radius 3 is 2.88 bits per heavy atom. The number of amides is 1. The van der Waals surface area contributed by atoms with Crippen molar-refractivity contribution in [2.24, 2.45) is 15.5 Å². The Morgan fingerprint density at radius 2 is 2.18 bits per heavy atom. The van der Waals surface area contributed by atoms with Gasteiger partial charge in [-0.1, -0.05) is 11.2 Å². The van der Waals surface area contributed by atoms with E-state index in [2.05, 4.69) is 20.5 Å². The number of anilines is 1. The summed E-state index contributed by atoms with van der Waals surface area (Å²) in [5.74, 6) is -0.502. The van der Waals surface area contributed by atoms with Gasteiger partial charge in [-0.3, -0.25) is 9.88 Å². The van der Waals surface area contributed by atoms with Crippen LogP contribution in [-0.2, 0) is 9.57 Å². The number of pyridine rings is 1. The standard InChI is InChI=1S/C22H22FN6O5/c23-17-7-14(29-11-15(33-22(29)32)10-28-6-5-25-27-28)2-3-16(17)13-1-4-18(24-9-13)19-8-21(34-26-19)20(31)12-30/h1-4,6-7,9,15,20-21,30-31H,5,8,10-12H2/q+1/t15-,20+,21-/m0/s1. The number of hydrogen-bond acceptors (Lipinski definition) is 9. The molecule has 0 saturated carbocycles. The molecule has 1 saturated heterocycles. The molecule has 0 spiro atoms.